The third-order valence-corrected chi connectivity index (χ3v) is 6.09. The Labute approximate surface area is 184 Å². The number of hydrogen-bond donors (Lipinski definition) is 0. The van der Waals surface area contributed by atoms with Crippen LogP contribution in [0.15, 0.2) is 60.7 Å². The molecule has 0 N–H and O–H groups in total. The van der Waals surface area contributed by atoms with E-state index in [1.165, 1.54) is 0 Å². The Morgan fingerprint density at radius 1 is 0.774 bits per heavy atom. The van der Waals surface area contributed by atoms with Crippen molar-refractivity contribution < 1.29 is 28.4 Å². The van der Waals surface area contributed by atoms with Crippen molar-refractivity contribution in [3.63, 3.8) is 0 Å². The van der Waals surface area contributed by atoms with Gasteiger partial charge in [-0.25, -0.2) is 0 Å². The minimum Gasteiger partial charge on any atom is -0.376 e. The molecule has 2 aromatic rings. The van der Waals surface area contributed by atoms with Crippen LogP contribution < -0.4 is 0 Å². The van der Waals surface area contributed by atoms with Crippen molar-refractivity contribution >= 4 is 0 Å². The Morgan fingerprint density at radius 3 is 1.90 bits per heavy atom. The van der Waals surface area contributed by atoms with E-state index in [2.05, 4.69) is 0 Å². The normalized spacial score (nSPS) is 28.5. The van der Waals surface area contributed by atoms with Crippen molar-refractivity contribution in [1.82, 2.24) is 0 Å². The zero-order valence-electron chi connectivity index (χ0n) is 18.7. The SMILES string of the molecule is COC1(OC)[C@H](OCc2ccccc2)[C@@H]2OC(C)(C)O[C@@H]2[C@@H]1COCc1ccccc1. The lowest BCUT2D eigenvalue weighted by Crippen LogP contribution is -2.53. The van der Waals surface area contributed by atoms with E-state index in [0.29, 0.717) is 19.8 Å². The summed E-state index contributed by atoms with van der Waals surface area (Å²) in [6.07, 6.45) is -1.07. The number of hydrogen-bond acceptors (Lipinski definition) is 6. The number of methoxy groups -OCH3 is 2. The molecular weight excluding hydrogens is 396 g/mol. The van der Waals surface area contributed by atoms with Gasteiger partial charge < -0.3 is 28.4 Å². The van der Waals surface area contributed by atoms with Gasteiger partial charge in [0.1, 0.15) is 18.3 Å². The van der Waals surface area contributed by atoms with Gasteiger partial charge in [0.25, 0.3) is 0 Å². The summed E-state index contributed by atoms with van der Waals surface area (Å²) in [7, 11) is 3.28. The molecule has 1 aliphatic carbocycles. The summed E-state index contributed by atoms with van der Waals surface area (Å²) < 4.78 is 37.0. The third-order valence-electron chi connectivity index (χ3n) is 6.09. The molecule has 0 aromatic heterocycles. The van der Waals surface area contributed by atoms with E-state index < -0.39 is 17.7 Å². The van der Waals surface area contributed by atoms with Crippen LogP contribution >= 0.6 is 0 Å². The molecule has 0 bridgehead atoms. The standard InChI is InChI=1S/C25H32O6/c1-24(2)30-21-20(17-28-15-18-11-7-5-8-12-18)25(26-3,27-4)23(22(21)31-24)29-16-19-13-9-6-10-14-19/h5-14,20-23H,15-17H2,1-4H3/t20-,21+,22+,23+/m0/s1. The van der Waals surface area contributed by atoms with Crippen molar-refractivity contribution in [1.29, 1.82) is 0 Å². The molecule has 1 aliphatic heterocycles. The van der Waals surface area contributed by atoms with E-state index in [1.54, 1.807) is 14.2 Å². The minimum atomic E-state index is -1.04. The smallest absolute Gasteiger partial charge is 0.204 e. The molecule has 1 saturated carbocycles. The van der Waals surface area contributed by atoms with Crippen LogP contribution in [0.25, 0.3) is 0 Å². The van der Waals surface area contributed by atoms with E-state index in [9.17, 15) is 0 Å². The van der Waals surface area contributed by atoms with Crippen LogP contribution in [0, 0.1) is 5.92 Å². The lowest BCUT2D eigenvalue weighted by Gasteiger charge is -2.39. The molecule has 0 radical (unpaired) electrons. The average molecular weight is 429 g/mol. The molecule has 31 heavy (non-hydrogen) atoms. The molecule has 6 nitrogen and oxygen atoms in total. The number of ether oxygens (including phenoxy) is 6. The Kier molecular flexibility index (Phi) is 6.77. The van der Waals surface area contributed by atoms with E-state index in [4.69, 9.17) is 28.4 Å². The zero-order chi connectivity index (χ0) is 21.9. The first-order chi connectivity index (χ1) is 15.0. The van der Waals surface area contributed by atoms with Crippen molar-refractivity contribution in [3.8, 4) is 0 Å². The summed E-state index contributed by atoms with van der Waals surface area (Å²) in [5, 5.41) is 0. The molecule has 0 amide bonds. The average Bonchev–Trinajstić information content (AvgIpc) is 3.21. The Morgan fingerprint density at radius 2 is 1.32 bits per heavy atom. The van der Waals surface area contributed by atoms with Gasteiger partial charge in [-0.15, -0.1) is 0 Å². The van der Waals surface area contributed by atoms with Gasteiger partial charge in [-0.05, 0) is 25.0 Å². The second-order valence-corrected chi connectivity index (χ2v) is 8.52. The predicted octanol–water partition coefficient (Wildman–Crippen LogP) is 3.93. The maximum absolute atomic E-state index is 6.38. The highest BCUT2D eigenvalue weighted by atomic mass is 16.8. The van der Waals surface area contributed by atoms with E-state index in [1.807, 2.05) is 74.5 Å². The molecular formula is C25H32O6. The highest BCUT2D eigenvalue weighted by Crippen LogP contribution is 2.50. The predicted molar refractivity (Wildman–Crippen MR) is 115 cm³/mol. The van der Waals surface area contributed by atoms with Crippen LogP contribution in [0.1, 0.15) is 25.0 Å². The van der Waals surface area contributed by atoms with E-state index >= 15 is 0 Å². The molecule has 2 aliphatic rings. The largest absolute Gasteiger partial charge is 0.376 e. The zero-order valence-corrected chi connectivity index (χ0v) is 18.7. The fraction of sp³-hybridized carbons (Fsp3) is 0.520. The van der Waals surface area contributed by atoms with Crippen molar-refractivity contribution in [2.45, 2.75) is 56.9 Å². The van der Waals surface area contributed by atoms with Gasteiger partial charge in [0.15, 0.2) is 5.79 Å². The van der Waals surface area contributed by atoms with Crippen molar-refractivity contribution in [2.75, 3.05) is 20.8 Å². The summed E-state index contributed by atoms with van der Waals surface area (Å²) in [5.74, 6) is -1.98. The number of benzene rings is 2. The third kappa shape index (κ3) is 4.55. The van der Waals surface area contributed by atoms with Gasteiger partial charge in [0.2, 0.25) is 5.79 Å². The molecule has 2 fully saturated rings. The molecule has 1 saturated heterocycles. The quantitative estimate of drug-likeness (QED) is 0.564. The number of rotatable bonds is 9. The molecule has 168 valence electrons. The summed E-state index contributed by atoms with van der Waals surface area (Å²) in [4.78, 5) is 0. The minimum absolute atomic E-state index is 0.223. The summed E-state index contributed by atoms with van der Waals surface area (Å²) >= 11 is 0. The first kappa shape index (κ1) is 22.4. The molecule has 6 heteroatoms. The fourth-order valence-electron chi connectivity index (χ4n) is 4.71. The second-order valence-electron chi connectivity index (χ2n) is 8.52. The molecule has 0 spiro atoms. The lowest BCUT2D eigenvalue weighted by molar-refractivity contribution is -0.313. The second kappa shape index (κ2) is 9.36. The molecule has 0 unspecified atom stereocenters. The summed E-state index contributed by atoms with van der Waals surface area (Å²) in [5.41, 5.74) is 2.18. The fourth-order valence-corrected chi connectivity index (χ4v) is 4.71. The lowest BCUT2D eigenvalue weighted by atomic mass is 10.00. The van der Waals surface area contributed by atoms with Crippen molar-refractivity contribution in [2.24, 2.45) is 5.92 Å². The summed E-state index contributed by atoms with van der Waals surface area (Å²) in [6.45, 7) is 5.15. The van der Waals surface area contributed by atoms with Crippen LogP contribution in [0.2, 0.25) is 0 Å². The number of fused-ring (bicyclic) bond motifs is 1. The monoisotopic (exact) mass is 428 g/mol. The topological polar surface area (TPSA) is 55.4 Å². The maximum Gasteiger partial charge on any atom is 0.204 e. The van der Waals surface area contributed by atoms with Crippen molar-refractivity contribution in [3.05, 3.63) is 71.8 Å². The first-order valence-corrected chi connectivity index (χ1v) is 10.7. The van der Waals surface area contributed by atoms with Crippen LogP contribution in [-0.2, 0) is 41.6 Å². The van der Waals surface area contributed by atoms with Gasteiger partial charge in [0.05, 0.1) is 25.7 Å². The molecule has 4 rings (SSSR count). The van der Waals surface area contributed by atoms with Crippen LogP contribution in [0.3, 0.4) is 0 Å². The van der Waals surface area contributed by atoms with E-state index in [0.717, 1.165) is 11.1 Å². The van der Waals surface area contributed by atoms with Crippen LogP contribution in [0.4, 0.5) is 0 Å². The van der Waals surface area contributed by atoms with Gasteiger partial charge in [-0.2, -0.15) is 0 Å². The van der Waals surface area contributed by atoms with Crippen LogP contribution in [0.5, 0.6) is 0 Å². The Hall–Kier alpha value is -1.80. The molecule has 2 aromatic carbocycles. The summed E-state index contributed by atoms with van der Waals surface area (Å²) in [6, 6.07) is 20.1. The van der Waals surface area contributed by atoms with E-state index in [-0.39, 0.29) is 18.1 Å². The van der Waals surface area contributed by atoms with Gasteiger partial charge >= 0.3 is 0 Å². The van der Waals surface area contributed by atoms with Gasteiger partial charge in [-0.3, -0.25) is 0 Å². The Balaban J connectivity index is 1.54. The first-order valence-electron chi connectivity index (χ1n) is 10.7. The van der Waals surface area contributed by atoms with Gasteiger partial charge in [-0.1, -0.05) is 60.7 Å². The maximum atomic E-state index is 6.38. The highest BCUT2D eigenvalue weighted by Gasteiger charge is 2.68. The van der Waals surface area contributed by atoms with Gasteiger partial charge in [0, 0.05) is 14.2 Å². The van der Waals surface area contributed by atoms with Crippen LogP contribution in [-0.4, -0.2) is 50.7 Å². The molecule has 4 atom stereocenters. The Bertz CT molecular complexity index is 820. The highest BCUT2D eigenvalue weighted by molar-refractivity contribution is 5.16. The molecule has 1 heterocycles.